The van der Waals surface area contributed by atoms with Gasteiger partial charge in [-0.25, -0.2) is 0 Å². The van der Waals surface area contributed by atoms with Gasteiger partial charge < -0.3 is 9.64 Å². The summed E-state index contributed by atoms with van der Waals surface area (Å²) >= 11 is 3.41. The molecule has 1 saturated heterocycles. The minimum absolute atomic E-state index is 0.135. The lowest BCUT2D eigenvalue weighted by atomic mass is 9.97. The Kier molecular flexibility index (Phi) is 5.40. The molecule has 0 unspecified atom stereocenters. The highest BCUT2D eigenvalue weighted by atomic mass is 79.9. The molecule has 1 aromatic carbocycles. The number of benzene rings is 1. The smallest absolute Gasteiger partial charge is 0.253 e. The minimum Gasteiger partial charge on any atom is -0.381 e. The Hall–Kier alpha value is -0.870. The predicted octanol–water partition coefficient (Wildman–Crippen LogP) is 3.34. The zero-order valence-electron chi connectivity index (χ0n) is 11.3. The molecule has 1 aliphatic heterocycles. The van der Waals surface area contributed by atoms with Gasteiger partial charge in [-0.05, 0) is 43.9 Å². The van der Waals surface area contributed by atoms with Crippen LogP contribution in [0.1, 0.15) is 30.1 Å². The second kappa shape index (κ2) is 7.06. The van der Waals surface area contributed by atoms with Crippen molar-refractivity contribution in [1.29, 1.82) is 0 Å². The molecule has 19 heavy (non-hydrogen) atoms. The van der Waals surface area contributed by atoms with Gasteiger partial charge in [-0.2, -0.15) is 0 Å². The molecule has 0 aromatic heterocycles. The molecule has 0 spiro atoms. The van der Waals surface area contributed by atoms with Crippen LogP contribution in [-0.2, 0) is 4.74 Å². The van der Waals surface area contributed by atoms with Crippen LogP contribution in [0.5, 0.6) is 0 Å². The summed E-state index contributed by atoms with van der Waals surface area (Å²) in [6.45, 7) is 5.30. The Bertz CT molecular complexity index is 428. The molecule has 2 rings (SSSR count). The Morgan fingerprint density at radius 2 is 2.16 bits per heavy atom. The summed E-state index contributed by atoms with van der Waals surface area (Å²) in [6.07, 6.45) is 2.08. The zero-order chi connectivity index (χ0) is 13.7. The lowest BCUT2D eigenvalue weighted by molar-refractivity contribution is 0.0551. The number of piperidine rings is 1. The first-order valence-electron chi connectivity index (χ1n) is 6.83. The van der Waals surface area contributed by atoms with E-state index in [4.69, 9.17) is 4.74 Å². The Morgan fingerprint density at radius 3 is 2.79 bits per heavy atom. The molecule has 1 aliphatic rings. The van der Waals surface area contributed by atoms with Gasteiger partial charge in [-0.3, -0.25) is 4.79 Å². The Labute approximate surface area is 123 Å². The van der Waals surface area contributed by atoms with Crippen molar-refractivity contribution in [1.82, 2.24) is 4.90 Å². The van der Waals surface area contributed by atoms with Gasteiger partial charge in [0.25, 0.3) is 5.91 Å². The molecule has 0 atom stereocenters. The summed E-state index contributed by atoms with van der Waals surface area (Å²) in [4.78, 5) is 14.3. The molecule has 0 aliphatic carbocycles. The number of ether oxygens (including phenoxy) is 1. The third kappa shape index (κ3) is 4.05. The highest BCUT2D eigenvalue weighted by molar-refractivity contribution is 9.10. The standard InChI is InChI=1S/C15H20BrNO2/c1-2-19-11-12-6-8-17(9-7-12)15(18)13-4-3-5-14(16)10-13/h3-5,10,12H,2,6-9,11H2,1H3. The van der Waals surface area contributed by atoms with Crippen molar-refractivity contribution in [2.45, 2.75) is 19.8 Å². The summed E-state index contributed by atoms with van der Waals surface area (Å²) in [7, 11) is 0. The summed E-state index contributed by atoms with van der Waals surface area (Å²) < 4.78 is 6.41. The molecule has 4 heteroatoms. The van der Waals surface area contributed by atoms with Gasteiger partial charge in [0.2, 0.25) is 0 Å². The number of carbonyl (C=O) groups is 1. The maximum atomic E-state index is 12.3. The maximum Gasteiger partial charge on any atom is 0.253 e. The zero-order valence-corrected chi connectivity index (χ0v) is 12.9. The van der Waals surface area contributed by atoms with Gasteiger partial charge in [0.1, 0.15) is 0 Å². The van der Waals surface area contributed by atoms with Crippen molar-refractivity contribution < 1.29 is 9.53 Å². The van der Waals surface area contributed by atoms with Crippen LogP contribution in [0.2, 0.25) is 0 Å². The van der Waals surface area contributed by atoms with E-state index in [1.54, 1.807) is 0 Å². The molecule has 0 bridgehead atoms. The van der Waals surface area contributed by atoms with Crippen LogP contribution in [0, 0.1) is 5.92 Å². The summed E-state index contributed by atoms with van der Waals surface area (Å²) in [5.74, 6) is 0.739. The van der Waals surface area contributed by atoms with Gasteiger partial charge >= 0.3 is 0 Å². The number of amides is 1. The van der Waals surface area contributed by atoms with Crippen LogP contribution in [0.4, 0.5) is 0 Å². The second-order valence-corrected chi connectivity index (χ2v) is 5.82. The van der Waals surface area contributed by atoms with Crippen LogP contribution in [0.3, 0.4) is 0 Å². The van der Waals surface area contributed by atoms with Gasteiger partial charge in [0.15, 0.2) is 0 Å². The highest BCUT2D eigenvalue weighted by Crippen LogP contribution is 2.20. The van der Waals surface area contributed by atoms with Crippen LogP contribution < -0.4 is 0 Å². The van der Waals surface area contributed by atoms with E-state index in [0.717, 1.165) is 49.2 Å². The monoisotopic (exact) mass is 325 g/mol. The molecule has 104 valence electrons. The van der Waals surface area contributed by atoms with Crippen molar-refractivity contribution in [2.24, 2.45) is 5.92 Å². The van der Waals surface area contributed by atoms with E-state index in [2.05, 4.69) is 15.9 Å². The second-order valence-electron chi connectivity index (χ2n) is 4.91. The van der Waals surface area contributed by atoms with Crippen molar-refractivity contribution >= 4 is 21.8 Å². The third-order valence-corrected chi connectivity index (χ3v) is 4.02. The number of nitrogens with zero attached hydrogens (tertiary/aromatic N) is 1. The molecule has 1 fully saturated rings. The number of carbonyl (C=O) groups excluding carboxylic acids is 1. The molecule has 0 saturated carbocycles. The van der Waals surface area contributed by atoms with E-state index in [-0.39, 0.29) is 5.91 Å². The van der Waals surface area contributed by atoms with E-state index in [0.29, 0.717) is 5.92 Å². The molecule has 1 aromatic rings. The molecular formula is C15H20BrNO2. The fraction of sp³-hybridized carbons (Fsp3) is 0.533. The number of halogens is 1. The van der Waals surface area contributed by atoms with Crippen LogP contribution in [0.15, 0.2) is 28.7 Å². The molecule has 1 amide bonds. The number of rotatable bonds is 4. The van der Waals surface area contributed by atoms with Crippen molar-refractivity contribution in [2.75, 3.05) is 26.3 Å². The average molecular weight is 326 g/mol. The van der Waals surface area contributed by atoms with Crippen LogP contribution >= 0.6 is 15.9 Å². The van der Waals surface area contributed by atoms with E-state index >= 15 is 0 Å². The lowest BCUT2D eigenvalue weighted by Gasteiger charge is -2.32. The predicted molar refractivity (Wildman–Crippen MR) is 79.3 cm³/mol. The summed E-state index contributed by atoms with van der Waals surface area (Å²) in [5, 5.41) is 0. The summed E-state index contributed by atoms with van der Waals surface area (Å²) in [5.41, 5.74) is 0.762. The fourth-order valence-corrected chi connectivity index (χ4v) is 2.79. The first-order valence-corrected chi connectivity index (χ1v) is 7.62. The van der Waals surface area contributed by atoms with Gasteiger partial charge in [0.05, 0.1) is 0 Å². The number of likely N-dealkylation sites (tertiary alicyclic amines) is 1. The quantitative estimate of drug-likeness (QED) is 0.849. The highest BCUT2D eigenvalue weighted by Gasteiger charge is 2.23. The Morgan fingerprint density at radius 1 is 1.42 bits per heavy atom. The van der Waals surface area contributed by atoms with E-state index in [9.17, 15) is 4.79 Å². The van der Waals surface area contributed by atoms with Crippen LogP contribution in [-0.4, -0.2) is 37.1 Å². The first-order chi connectivity index (χ1) is 9.20. The van der Waals surface area contributed by atoms with E-state index < -0.39 is 0 Å². The number of hydrogen-bond donors (Lipinski definition) is 0. The maximum absolute atomic E-state index is 12.3. The third-order valence-electron chi connectivity index (χ3n) is 3.53. The van der Waals surface area contributed by atoms with Gasteiger partial charge in [0, 0.05) is 36.3 Å². The normalized spacial score (nSPS) is 16.6. The molecular weight excluding hydrogens is 306 g/mol. The van der Waals surface area contributed by atoms with Gasteiger partial charge in [-0.15, -0.1) is 0 Å². The largest absolute Gasteiger partial charge is 0.381 e. The lowest BCUT2D eigenvalue weighted by Crippen LogP contribution is -2.39. The molecule has 0 N–H and O–H groups in total. The fourth-order valence-electron chi connectivity index (χ4n) is 2.39. The summed E-state index contributed by atoms with van der Waals surface area (Å²) in [6, 6.07) is 7.60. The van der Waals surface area contributed by atoms with E-state index in [1.807, 2.05) is 36.1 Å². The topological polar surface area (TPSA) is 29.5 Å². The van der Waals surface area contributed by atoms with Crippen molar-refractivity contribution in [3.63, 3.8) is 0 Å². The Balaban J connectivity index is 1.89. The van der Waals surface area contributed by atoms with Crippen LogP contribution in [0.25, 0.3) is 0 Å². The van der Waals surface area contributed by atoms with Crippen molar-refractivity contribution in [3.8, 4) is 0 Å². The SMILES string of the molecule is CCOCC1CCN(C(=O)c2cccc(Br)c2)CC1. The first kappa shape index (κ1) is 14.5. The molecule has 3 nitrogen and oxygen atoms in total. The average Bonchev–Trinajstić information content (AvgIpc) is 2.45. The van der Waals surface area contributed by atoms with Gasteiger partial charge in [-0.1, -0.05) is 22.0 Å². The van der Waals surface area contributed by atoms with Crippen molar-refractivity contribution in [3.05, 3.63) is 34.3 Å². The molecule has 1 heterocycles. The number of hydrogen-bond acceptors (Lipinski definition) is 2. The molecule has 0 radical (unpaired) electrons. The minimum atomic E-state index is 0.135. The van der Waals surface area contributed by atoms with E-state index in [1.165, 1.54) is 0 Å².